The molecular formula is C16H29NO8S. The molecule has 0 spiro atoms. The van der Waals surface area contributed by atoms with Gasteiger partial charge in [-0.05, 0) is 48.5 Å². The SMILES string of the molecule is CCOC(=O)CS(=O)(=O)NC(CC(=O)OC(C)(C)C)C(=O)OC(C)(C)C. The van der Waals surface area contributed by atoms with Gasteiger partial charge in [0.15, 0.2) is 5.75 Å². The molecule has 0 aliphatic carbocycles. The summed E-state index contributed by atoms with van der Waals surface area (Å²) < 4.78 is 41.0. The summed E-state index contributed by atoms with van der Waals surface area (Å²) in [5.74, 6) is -3.68. The average molecular weight is 395 g/mol. The zero-order valence-corrected chi connectivity index (χ0v) is 17.2. The van der Waals surface area contributed by atoms with E-state index in [-0.39, 0.29) is 6.61 Å². The summed E-state index contributed by atoms with van der Waals surface area (Å²) in [5.41, 5.74) is -1.70. The summed E-state index contributed by atoms with van der Waals surface area (Å²) >= 11 is 0. The molecule has 0 bridgehead atoms. The van der Waals surface area contributed by atoms with Crippen LogP contribution in [0.5, 0.6) is 0 Å². The van der Waals surface area contributed by atoms with E-state index in [4.69, 9.17) is 9.47 Å². The third kappa shape index (κ3) is 11.8. The molecule has 0 aromatic rings. The van der Waals surface area contributed by atoms with Crippen molar-refractivity contribution in [2.75, 3.05) is 12.4 Å². The van der Waals surface area contributed by atoms with Crippen LogP contribution in [0, 0.1) is 0 Å². The Labute approximate surface area is 154 Å². The second-order valence-corrected chi connectivity index (χ2v) is 9.31. The first-order valence-electron chi connectivity index (χ1n) is 8.15. The lowest BCUT2D eigenvalue weighted by Crippen LogP contribution is -2.47. The van der Waals surface area contributed by atoms with Crippen molar-refractivity contribution in [3.05, 3.63) is 0 Å². The van der Waals surface area contributed by atoms with Crippen LogP contribution in [-0.2, 0) is 38.6 Å². The largest absolute Gasteiger partial charge is 0.465 e. The standard InChI is InChI=1S/C16H29NO8S/c1-8-23-13(19)10-26(21,22)17-11(14(20)25-16(5,6)7)9-12(18)24-15(2,3)4/h11,17H,8-10H2,1-7H3. The molecule has 0 aromatic heterocycles. The first-order chi connectivity index (χ1) is 11.5. The van der Waals surface area contributed by atoms with Gasteiger partial charge >= 0.3 is 17.9 Å². The highest BCUT2D eigenvalue weighted by Gasteiger charge is 2.33. The number of ether oxygens (including phenoxy) is 3. The molecule has 9 nitrogen and oxygen atoms in total. The third-order valence-electron chi connectivity index (χ3n) is 2.42. The first kappa shape index (κ1) is 24.3. The van der Waals surface area contributed by atoms with Crippen molar-refractivity contribution in [3.63, 3.8) is 0 Å². The lowest BCUT2D eigenvalue weighted by atomic mass is 10.1. The molecule has 1 unspecified atom stereocenters. The number of carbonyl (C=O) groups is 3. The lowest BCUT2D eigenvalue weighted by molar-refractivity contribution is -0.164. The Morgan fingerprint density at radius 1 is 0.923 bits per heavy atom. The van der Waals surface area contributed by atoms with Gasteiger partial charge in [-0.15, -0.1) is 0 Å². The lowest BCUT2D eigenvalue weighted by Gasteiger charge is -2.25. The monoisotopic (exact) mass is 395 g/mol. The molecule has 1 N–H and O–H groups in total. The molecule has 1 atom stereocenters. The maximum Gasteiger partial charge on any atom is 0.325 e. The second kappa shape index (κ2) is 9.31. The summed E-state index contributed by atoms with van der Waals surface area (Å²) in [6.07, 6.45) is -0.575. The summed E-state index contributed by atoms with van der Waals surface area (Å²) in [5, 5.41) is 0. The Morgan fingerprint density at radius 3 is 1.85 bits per heavy atom. The van der Waals surface area contributed by atoms with Crippen molar-refractivity contribution in [2.45, 2.75) is 72.1 Å². The van der Waals surface area contributed by atoms with Crippen LogP contribution in [-0.4, -0.2) is 55.9 Å². The molecule has 0 rings (SSSR count). The summed E-state index contributed by atoms with van der Waals surface area (Å²) in [7, 11) is -4.23. The Bertz CT molecular complexity index is 613. The predicted molar refractivity (Wildman–Crippen MR) is 93.7 cm³/mol. The number of hydrogen-bond acceptors (Lipinski definition) is 8. The highest BCUT2D eigenvalue weighted by Crippen LogP contribution is 2.14. The number of nitrogens with one attached hydrogen (secondary N) is 1. The molecule has 0 saturated heterocycles. The normalized spacial score (nSPS) is 13.7. The van der Waals surface area contributed by atoms with E-state index in [0.29, 0.717) is 0 Å². The number of hydrogen-bond donors (Lipinski definition) is 1. The van der Waals surface area contributed by atoms with Crippen molar-refractivity contribution in [1.82, 2.24) is 4.72 Å². The molecule has 0 aromatic carbocycles. The Morgan fingerprint density at radius 2 is 1.42 bits per heavy atom. The van der Waals surface area contributed by atoms with Crippen LogP contribution in [0.2, 0.25) is 0 Å². The molecule has 0 amide bonds. The fourth-order valence-corrected chi connectivity index (χ4v) is 2.80. The molecule has 26 heavy (non-hydrogen) atoms. The molecule has 0 aliphatic heterocycles. The van der Waals surface area contributed by atoms with E-state index in [1.165, 1.54) is 6.92 Å². The van der Waals surface area contributed by atoms with Crippen LogP contribution >= 0.6 is 0 Å². The number of rotatable bonds is 8. The third-order valence-corrected chi connectivity index (χ3v) is 3.68. The van der Waals surface area contributed by atoms with Crippen molar-refractivity contribution < 1.29 is 37.0 Å². The summed E-state index contributed by atoms with van der Waals surface area (Å²) in [6.45, 7) is 11.3. The van der Waals surface area contributed by atoms with Gasteiger partial charge in [0.2, 0.25) is 10.0 Å². The topological polar surface area (TPSA) is 125 Å². The van der Waals surface area contributed by atoms with E-state index in [9.17, 15) is 22.8 Å². The van der Waals surface area contributed by atoms with E-state index in [1.54, 1.807) is 41.5 Å². The van der Waals surface area contributed by atoms with Gasteiger partial charge in [0.1, 0.15) is 17.2 Å². The van der Waals surface area contributed by atoms with Crippen molar-refractivity contribution in [1.29, 1.82) is 0 Å². The van der Waals surface area contributed by atoms with Crippen molar-refractivity contribution in [2.24, 2.45) is 0 Å². The molecule has 0 heterocycles. The molecular weight excluding hydrogens is 366 g/mol. The van der Waals surface area contributed by atoms with Crippen molar-refractivity contribution >= 4 is 27.9 Å². The molecule has 0 saturated carbocycles. The first-order valence-corrected chi connectivity index (χ1v) is 9.80. The highest BCUT2D eigenvalue weighted by atomic mass is 32.2. The van der Waals surface area contributed by atoms with Crippen LogP contribution in [0.25, 0.3) is 0 Å². The van der Waals surface area contributed by atoms with E-state index < -0.39 is 57.3 Å². The van der Waals surface area contributed by atoms with Gasteiger partial charge in [-0.2, -0.15) is 4.72 Å². The predicted octanol–water partition coefficient (Wildman–Crippen LogP) is 0.911. The Hall–Kier alpha value is -1.68. The zero-order chi connectivity index (χ0) is 20.8. The summed E-state index contributed by atoms with van der Waals surface area (Å²) in [6, 6.07) is -1.52. The van der Waals surface area contributed by atoms with Gasteiger partial charge in [-0.3, -0.25) is 14.4 Å². The maximum atomic E-state index is 12.3. The van der Waals surface area contributed by atoms with E-state index in [1.807, 2.05) is 4.72 Å². The van der Waals surface area contributed by atoms with E-state index in [0.717, 1.165) is 0 Å². The Kier molecular flexibility index (Phi) is 8.71. The quantitative estimate of drug-likeness (QED) is 0.475. The number of sulfonamides is 1. The minimum Gasteiger partial charge on any atom is -0.465 e. The van der Waals surface area contributed by atoms with E-state index >= 15 is 0 Å². The molecule has 0 fully saturated rings. The number of esters is 3. The van der Waals surface area contributed by atoms with Gasteiger partial charge in [0, 0.05) is 0 Å². The smallest absolute Gasteiger partial charge is 0.325 e. The van der Waals surface area contributed by atoms with Crippen LogP contribution in [0.3, 0.4) is 0 Å². The second-order valence-electron chi connectivity index (χ2n) is 7.56. The van der Waals surface area contributed by atoms with E-state index in [2.05, 4.69) is 4.74 Å². The van der Waals surface area contributed by atoms with Crippen LogP contribution in [0.15, 0.2) is 0 Å². The fourth-order valence-electron chi connectivity index (χ4n) is 1.71. The van der Waals surface area contributed by atoms with Crippen LogP contribution < -0.4 is 4.72 Å². The van der Waals surface area contributed by atoms with Gasteiger partial charge in [-0.1, -0.05) is 0 Å². The zero-order valence-electron chi connectivity index (χ0n) is 16.4. The van der Waals surface area contributed by atoms with Crippen molar-refractivity contribution in [3.8, 4) is 0 Å². The van der Waals surface area contributed by atoms with Crippen LogP contribution in [0.4, 0.5) is 0 Å². The van der Waals surface area contributed by atoms with Gasteiger partial charge < -0.3 is 14.2 Å². The van der Waals surface area contributed by atoms with Gasteiger partial charge in [0.25, 0.3) is 0 Å². The minimum absolute atomic E-state index is 0.0156. The fraction of sp³-hybridized carbons (Fsp3) is 0.812. The average Bonchev–Trinajstić information content (AvgIpc) is 2.32. The molecule has 0 radical (unpaired) electrons. The highest BCUT2D eigenvalue weighted by molar-refractivity contribution is 7.90. The van der Waals surface area contributed by atoms with Gasteiger partial charge in [-0.25, -0.2) is 8.42 Å². The Balaban J connectivity index is 5.29. The summed E-state index contributed by atoms with van der Waals surface area (Å²) in [4.78, 5) is 35.7. The van der Waals surface area contributed by atoms with Gasteiger partial charge in [0.05, 0.1) is 13.0 Å². The van der Waals surface area contributed by atoms with Crippen LogP contribution in [0.1, 0.15) is 54.9 Å². The molecule has 10 heteroatoms. The minimum atomic E-state index is -4.23. The molecule has 152 valence electrons. The molecule has 0 aliphatic rings. The number of carbonyl (C=O) groups excluding carboxylic acids is 3. The maximum absolute atomic E-state index is 12.3.